The molecular weight excluding hydrogens is 242 g/mol. The minimum atomic E-state index is 0.532. The minimum absolute atomic E-state index is 0.532. The summed E-state index contributed by atoms with van der Waals surface area (Å²) in [7, 11) is 0. The van der Waals surface area contributed by atoms with Crippen molar-refractivity contribution in [1.82, 2.24) is 4.98 Å². The Hall–Kier alpha value is -1.94. The van der Waals surface area contributed by atoms with Crippen molar-refractivity contribution >= 4 is 28.6 Å². The van der Waals surface area contributed by atoms with Gasteiger partial charge in [-0.25, -0.2) is 0 Å². The Morgan fingerprint density at radius 1 is 1.06 bits per heavy atom. The van der Waals surface area contributed by atoms with Crippen LogP contribution in [-0.2, 0) is 0 Å². The van der Waals surface area contributed by atoms with Gasteiger partial charge >= 0.3 is 0 Å². The topological polar surface area (TPSA) is 42.1 Å². The number of para-hydroxylation sites is 1. The van der Waals surface area contributed by atoms with Crippen LogP contribution in [0.15, 0.2) is 54.9 Å². The van der Waals surface area contributed by atoms with Gasteiger partial charge in [0.2, 0.25) is 0 Å². The van der Waals surface area contributed by atoms with Gasteiger partial charge in [0.1, 0.15) is 0 Å². The van der Waals surface area contributed by atoms with Crippen molar-refractivity contribution < 1.29 is 0 Å². The van der Waals surface area contributed by atoms with E-state index in [1.165, 1.54) is 0 Å². The highest BCUT2D eigenvalue weighted by Crippen LogP contribution is 2.24. The smallest absolute Gasteiger partial charge is 0.0745 e. The summed E-state index contributed by atoms with van der Waals surface area (Å²) in [6, 6.07) is 14.1. The van der Waals surface area contributed by atoms with E-state index in [4.69, 9.17) is 18.0 Å². The van der Waals surface area contributed by atoms with Crippen LogP contribution >= 0.6 is 12.2 Å². The molecule has 1 heterocycles. The van der Waals surface area contributed by atoms with Crippen LogP contribution in [-0.4, -0.2) is 16.5 Å². The van der Waals surface area contributed by atoms with Gasteiger partial charge in [0, 0.05) is 36.7 Å². The first-order valence-electron chi connectivity index (χ1n) is 5.78. The van der Waals surface area contributed by atoms with Crippen LogP contribution < -0.4 is 10.6 Å². The van der Waals surface area contributed by atoms with Crippen molar-refractivity contribution in [3.63, 3.8) is 0 Å². The Balaban J connectivity index is 2.26. The number of pyridine rings is 1. The van der Waals surface area contributed by atoms with E-state index in [0.29, 0.717) is 11.4 Å². The maximum atomic E-state index is 5.59. The van der Waals surface area contributed by atoms with E-state index < -0.39 is 0 Å². The molecule has 2 rings (SSSR count). The molecule has 0 saturated heterocycles. The fraction of sp³-hybridized carbons (Fsp3) is 0.143. The summed E-state index contributed by atoms with van der Waals surface area (Å²) in [5.41, 5.74) is 7.80. The van der Waals surface area contributed by atoms with Gasteiger partial charge in [-0.05, 0) is 24.3 Å². The molecule has 4 heteroatoms. The summed E-state index contributed by atoms with van der Waals surface area (Å²) in [6.45, 7) is 0.767. The third kappa shape index (κ3) is 3.28. The number of hydrogen-bond donors (Lipinski definition) is 1. The standard InChI is InChI=1S/C14H15N3S/c15-14(18)8-11-17(12-4-2-1-3-5-12)13-6-9-16-10-7-13/h1-7,9-10H,8,11H2,(H2,15,18). The number of aromatic nitrogens is 1. The number of benzene rings is 1. The van der Waals surface area contributed by atoms with Gasteiger partial charge in [0.05, 0.1) is 4.99 Å². The molecule has 0 spiro atoms. The molecule has 2 N–H and O–H groups in total. The lowest BCUT2D eigenvalue weighted by molar-refractivity contribution is 0.965. The molecule has 0 amide bonds. The van der Waals surface area contributed by atoms with E-state index in [1.807, 2.05) is 30.3 Å². The minimum Gasteiger partial charge on any atom is -0.393 e. The summed E-state index contributed by atoms with van der Waals surface area (Å²) >= 11 is 4.95. The van der Waals surface area contributed by atoms with Crippen molar-refractivity contribution in [2.24, 2.45) is 5.73 Å². The van der Waals surface area contributed by atoms with Crippen molar-refractivity contribution in [2.75, 3.05) is 11.4 Å². The Bertz CT molecular complexity index is 459. The molecule has 0 radical (unpaired) electrons. The molecule has 1 aromatic heterocycles. The second-order valence-corrected chi connectivity index (χ2v) is 4.43. The molecule has 0 fully saturated rings. The molecule has 0 atom stereocenters. The lowest BCUT2D eigenvalue weighted by atomic mass is 10.2. The highest BCUT2D eigenvalue weighted by molar-refractivity contribution is 7.80. The number of rotatable bonds is 5. The Morgan fingerprint density at radius 3 is 2.28 bits per heavy atom. The molecule has 0 saturated carbocycles. The second-order valence-electron chi connectivity index (χ2n) is 3.91. The first-order chi connectivity index (χ1) is 8.77. The molecule has 0 aliphatic carbocycles. The molecule has 3 nitrogen and oxygen atoms in total. The van der Waals surface area contributed by atoms with Crippen LogP contribution in [0.2, 0.25) is 0 Å². The summed E-state index contributed by atoms with van der Waals surface area (Å²) in [5.74, 6) is 0. The van der Waals surface area contributed by atoms with Gasteiger partial charge in [0.25, 0.3) is 0 Å². The van der Waals surface area contributed by atoms with E-state index in [9.17, 15) is 0 Å². The van der Waals surface area contributed by atoms with E-state index >= 15 is 0 Å². The number of nitrogens with two attached hydrogens (primary N) is 1. The third-order valence-corrected chi connectivity index (χ3v) is 2.83. The quantitative estimate of drug-likeness (QED) is 0.836. The van der Waals surface area contributed by atoms with Crippen molar-refractivity contribution in [3.8, 4) is 0 Å². The molecule has 2 aromatic rings. The molecule has 1 aromatic carbocycles. The van der Waals surface area contributed by atoms with Gasteiger partial charge in [-0.2, -0.15) is 0 Å². The van der Waals surface area contributed by atoms with Crippen LogP contribution in [0.5, 0.6) is 0 Å². The van der Waals surface area contributed by atoms with E-state index in [-0.39, 0.29) is 0 Å². The maximum Gasteiger partial charge on any atom is 0.0745 e. The Kier molecular flexibility index (Phi) is 4.25. The molecular formula is C14H15N3S. The monoisotopic (exact) mass is 257 g/mol. The van der Waals surface area contributed by atoms with Gasteiger partial charge in [0.15, 0.2) is 0 Å². The van der Waals surface area contributed by atoms with Crippen molar-refractivity contribution in [2.45, 2.75) is 6.42 Å². The SMILES string of the molecule is NC(=S)CCN(c1ccccc1)c1ccncc1. The van der Waals surface area contributed by atoms with Crippen molar-refractivity contribution in [1.29, 1.82) is 0 Å². The van der Waals surface area contributed by atoms with E-state index in [2.05, 4.69) is 22.0 Å². The number of anilines is 2. The van der Waals surface area contributed by atoms with Crippen LogP contribution in [0.1, 0.15) is 6.42 Å². The average Bonchev–Trinajstić information content (AvgIpc) is 2.41. The van der Waals surface area contributed by atoms with Gasteiger partial charge in [-0.3, -0.25) is 4.98 Å². The zero-order chi connectivity index (χ0) is 12.8. The normalized spacial score (nSPS) is 10.0. The van der Waals surface area contributed by atoms with Crippen LogP contribution in [0.4, 0.5) is 11.4 Å². The molecule has 18 heavy (non-hydrogen) atoms. The summed E-state index contributed by atoms with van der Waals surface area (Å²) in [6.07, 6.45) is 4.25. The fourth-order valence-corrected chi connectivity index (χ4v) is 1.85. The lowest BCUT2D eigenvalue weighted by Gasteiger charge is -2.24. The predicted octanol–water partition coefficient (Wildman–Crippen LogP) is 2.90. The predicted molar refractivity (Wildman–Crippen MR) is 79.1 cm³/mol. The molecule has 0 bridgehead atoms. The molecule has 0 aliphatic heterocycles. The summed E-state index contributed by atoms with van der Waals surface area (Å²) in [5, 5.41) is 0. The Morgan fingerprint density at radius 2 is 1.67 bits per heavy atom. The maximum absolute atomic E-state index is 5.59. The Labute approximate surface area is 112 Å². The average molecular weight is 257 g/mol. The highest BCUT2D eigenvalue weighted by Gasteiger charge is 2.08. The first-order valence-corrected chi connectivity index (χ1v) is 6.19. The molecule has 0 aliphatic rings. The summed E-state index contributed by atoms with van der Waals surface area (Å²) in [4.78, 5) is 6.75. The van der Waals surface area contributed by atoms with Crippen LogP contribution in [0.3, 0.4) is 0 Å². The van der Waals surface area contributed by atoms with Gasteiger partial charge < -0.3 is 10.6 Å². The second kappa shape index (κ2) is 6.12. The first kappa shape index (κ1) is 12.5. The summed E-state index contributed by atoms with van der Waals surface area (Å²) < 4.78 is 0. The van der Waals surface area contributed by atoms with E-state index in [1.54, 1.807) is 12.4 Å². The molecule has 0 unspecified atom stereocenters. The zero-order valence-electron chi connectivity index (χ0n) is 9.99. The fourth-order valence-electron chi connectivity index (χ4n) is 1.76. The van der Waals surface area contributed by atoms with Gasteiger partial charge in [-0.1, -0.05) is 30.4 Å². The largest absolute Gasteiger partial charge is 0.393 e. The van der Waals surface area contributed by atoms with Crippen LogP contribution in [0.25, 0.3) is 0 Å². The lowest BCUT2D eigenvalue weighted by Crippen LogP contribution is -2.23. The number of hydrogen-bond acceptors (Lipinski definition) is 3. The number of nitrogens with zero attached hydrogens (tertiary/aromatic N) is 2. The highest BCUT2D eigenvalue weighted by atomic mass is 32.1. The molecule has 92 valence electrons. The van der Waals surface area contributed by atoms with Crippen molar-refractivity contribution in [3.05, 3.63) is 54.9 Å². The van der Waals surface area contributed by atoms with Gasteiger partial charge in [-0.15, -0.1) is 0 Å². The van der Waals surface area contributed by atoms with E-state index in [0.717, 1.165) is 17.9 Å². The number of thiocarbonyl (C=S) groups is 1. The van der Waals surface area contributed by atoms with Crippen LogP contribution in [0, 0.1) is 0 Å². The zero-order valence-corrected chi connectivity index (χ0v) is 10.8. The third-order valence-electron chi connectivity index (χ3n) is 2.62.